The number of hydrogen-bond acceptors (Lipinski definition) is 3. The van der Waals surface area contributed by atoms with E-state index >= 15 is 0 Å². The lowest BCUT2D eigenvalue weighted by molar-refractivity contribution is 0.0948. The lowest BCUT2D eigenvalue weighted by atomic mass is 9.96. The highest BCUT2D eigenvalue weighted by Crippen LogP contribution is 2.26. The first-order valence-electron chi connectivity index (χ1n) is 8.50. The number of aromatic amines is 1. The lowest BCUT2D eigenvalue weighted by Gasteiger charge is -2.19. The summed E-state index contributed by atoms with van der Waals surface area (Å²) in [5.41, 5.74) is 5.58. The summed E-state index contributed by atoms with van der Waals surface area (Å²) in [6.07, 6.45) is 5.41. The van der Waals surface area contributed by atoms with Crippen molar-refractivity contribution in [2.75, 3.05) is 24.5 Å². The molecule has 5 nitrogen and oxygen atoms in total. The minimum Gasteiger partial charge on any atom is -0.369 e. The lowest BCUT2D eigenvalue weighted by Crippen LogP contribution is -2.34. The van der Waals surface area contributed by atoms with Crippen LogP contribution in [0, 0.1) is 0 Å². The number of amides is 1. The average Bonchev–Trinajstić information content (AvgIpc) is 3.19. The number of carbonyl (C=O) groups is 1. The number of fused-ring (bicyclic) bond motifs is 2. The molecule has 2 aromatic rings. The highest BCUT2D eigenvalue weighted by atomic mass is 16.1. The zero-order valence-corrected chi connectivity index (χ0v) is 13.3. The summed E-state index contributed by atoms with van der Waals surface area (Å²) >= 11 is 0. The van der Waals surface area contributed by atoms with Crippen LogP contribution in [-0.2, 0) is 19.3 Å². The van der Waals surface area contributed by atoms with E-state index < -0.39 is 0 Å². The molecule has 0 unspecified atom stereocenters. The van der Waals surface area contributed by atoms with Crippen molar-refractivity contribution in [1.82, 2.24) is 15.5 Å². The number of para-hydroxylation sites is 1. The number of rotatable bonds is 4. The van der Waals surface area contributed by atoms with Crippen molar-refractivity contribution in [2.45, 2.75) is 32.1 Å². The van der Waals surface area contributed by atoms with Crippen LogP contribution in [0.15, 0.2) is 24.3 Å². The van der Waals surface area contributed by atoms with Crippen LogP contribution < -0.4 is 10.2 Å². The van der Waals surface area contributed by atoms with Gasteiger partial charge in [-0.15, -0.1) is 0 Å². The van der Waals surface area contributed by atoms with Crippen LogP contribution in [0.2, 0.25) is 0 Å². The Bertz CT molecular complexity index is 722. The summed E-state index contributed by atoms with van der Waals surface area (Å²) in [5, 5.41) is 10.3. The first-order chi connectivity index (χ1) is 11.3. The largest absolute Gasteiger partial charge is 0.369 e. The van der Waals surface area contributed by atoms with Crippen LogP contribution in [0.4, 0.5) is 5.69 Å². The van der Waals surface area contributed by atoms with E-state index in [-0.39, 0.29) is 5.91 Å². The summed E-state index contributed by atoms with van der Waals surface area (Å²) in [4.78, 5) is 14.7. The van der Waals surface area contributed by atoms with Gasteiger partial charge in [0.1, 0.15) is 0 Å². The molecule has 0 radical (unpaired) electrons. The number of benzene rings is 1. The van der Waals surface area contributed by atoms with E-state index in [1.165, 1.54) is 17.7 Å². The van der Waals surface area contributed by atoms with E-state index in [0.29, 0.717) is 12.2 Å². The molecule has 0 bridgehead atoms. The zero-order chi connectivity index (χ0) is 15.6. The van der Waals surface area contributed by atoms with Crippen LogP contribution in [-0.4, -0.2) is 35.7 Å². The van der Waals surface area contributed by atoms with Crippen molar-refractivity contribution in [3.63, 3.8) is 0 Å². The first kappa shape index (κ1) is 14.3. The van der Waals surface area contributed by atoms with E-state index in [9.17, 15) is 4.79 Å². The SMILES string of the molecule is O=C(NCCN1CCc2ccccc21)c1n[nH]c2c1CCCC2. The molecular weight excluding hydrogens is 288 g/mol. The third-order valence-electron chi connectivity index (χ3n) is 4.92. The van der Waals surface area contributed by atoms with Crippen molar-refractivity contribution >= 4 is 11.6 Å². The Kier molecular flexibility index (Phi) is 3.77. The number of anilines is 1. The van der Waals surface area contributed by atoms with Crippen molar-refractivity contribution in [3.8, 4) is 0 Å². The molecule has 1 aliphatic heterocycles. The number of nitrogens with one attached hydrogen (secondary N) is 2. The summed E-state index contributed by atoms with van der Waals surface area (Å²) in [7, 11) is 0. The van der Waals surface area contributed by atoms with Crippen molar-refractivity contribution in [2.24, 2.45) is 0 Å². The Balaban J connectivity index is 1.35. The van der Waals surface area contributed by atoms with Gasteiger partial charge in [-0.3, -0.25) is 9.89 Å². The Morgan fingerprint density at radius 3 is 3.04 bits per heavy atom. The van der Waals surface area contributed by atoms with E-state index in [1.54, 1.807) is 0 Å². The molecule has 2 aliphatic rings. The Morgan fingerprint density at radius 2 is 2.09 bits per heavy atom. The molecule has 1 aromatic carbocycles. The minimum absolute atomic E-state index is 0.0446. The molecule has 1 aromatic heterocycles. The van der Waals surface area contributed by atoms with Crippen molar-refractivity contribution in [3.05, 3.63) is 46.8 Å². The van der Waals surface area contributed by atoms with Crippen molar-refractivity contribution < 1.29 is 4.79 Å². The molecule has 0 saturated carbocycles. The number of H-pyrrole nitrogens is 1. The maximum atomic E-state index is 12.4. The summed E-state index contributed by atoms with van der Waals surface area (Å²) in [5.74, 6) is -0.0446. The van der Waals surface area contributed by atoms with Gasteiger partial charge in [-0.2, -0.15) is 5.10 Å². The van der Waals surface area contributed by atoms with E-state index in [1.807, 2.05) is 0 Å². The molecule has 1 aliphatic carbocycles. The minimum atomic E-state index is -0.0446. The van der Waals surface area contributed by atoms with Gasteiger partial charge in [0.15, 0.2) is 5.69 Å². The molecule has 0 atom stereocenters. The van der Waals surface area contributed by atoms with E-state index in [2.05, 4.69) is 44.7 Å². The van der Waals surface area contributed by atoms with Crippen LogP contribution in [0.3, 0.4) is 0 Å². The molecule has 120 valence electrons. The maximum absolute atomic E-state index is 12.4. The average molecular weight is 310 g/mol. The molecule has 0 spiro atoms. The third-order valence-corrected chi connectivity index (χ3v) is 4.92. The Labute approximate surface area is 136 Å². The van der Waals surface area contributed by atoms with Crippen LogP contribution in [0.5, 0.6) is 0 Å². The maximum Gasteiger partial charge on any atom is 0.272 e. The van der Waals surface area contributed by atoms with Gasteiger partial charge in [-0.25, -0.2) is 0 Å². The molecule has 0 saturated heterocycles. The standard InChI is InChI=1S/C18H22N4O/c23-18(17-14-6-2-3-7-15(14)20-21-17)19-10-12-22-11-9-13-5-1-4-8-16(13)22/h1,4-5,8H,2-3,6-7,9-12H2,(H,19,23)(H,20,21). The molecule has 23 heavy (non-hydrogen) atoms. The van der Waals surface area contributed by atoms with Crippen LogP contribution in [0.25, 0.3) is 0 Å². The van der Waals surface area contributed by atoms with Gasteiger partial charge in [0.05, 0.1) is 0 Å². The van der Waals surface area contributed by atoms with Crippen molar-refractivity contribution in [1.29, 1.82) is 0 Å². The monoisotopic (exact) mass is 310 g/mol. The fraction of sp³-hybridized carbons (Fsp3) is 0.444. The summed E-state index contributed by atoms with van der Waals surface area (Å²) < 4.78 is 0. The number of nitrogens with zero attached hydrogens (tertiary/aromatic N) is 2. The van der Waals surface area contributed by atoms with Crippen LogP contribution in [0.1, 0.15) is 40.2 Å². The second-order valence-corrected chi connectivity index (χ2v) is 6.36. The molecule has 1 amide bonds. The van der Waals surface area contributed by atoms with Gasteiger partial charge in [0, 0.05) is 36.6 Å². The number of aromatic nitrogens is 2. The van der Waals surface area contributed by atoms with Gasteiger partial charge in [0.25, 0.3) is 5.91 Å². The summed E-state index contributed by atoms with van der Waals surface area (Å²) in [6.45, 7) is 2.52. The zero-order valence-electron chi connectivity index (χ0n) is 13.3. The van der Waals surface area contributed by atoms with Gasteiger partial charge >= 0.3 is 0 Å². The number of aryl methyl sites for hydroxylation is 1. The predicted molar refractivity (Wildman–Crippen MR) is 89.9 cm³/mol. The number of hydrogen-bond donors (Lipinski definition) is 2. The van der Waals surface area contributed by atoms with Crippen LogP contribution >= 0.6 is 0 Å². The highest BCUT2D eigenvalue weighted by Gasteiger charge is 2.22. The second kappa shape index (κ2) is 6.07. The number of carbonyl (C=O) groups excluding carboxylic acids is 1. The second-order valence-electron chi connectivity index (χ2n) is 6.36. The highest BCUT2D eigenvalue weighted by molar-refractivity contribution is 5.94. The fourth-order valence-corrected chi connectivity index (χ4v) is 3.70. The molecular formula is C18H22N4O. The fourth-order valence-electron chi connectivity index (χ4n) is 3.70. The summed E-state index contributed by atoms with van der Waals surface area (Å²) in [6, 6.07) is 8.51. The molecule has 0 fully saturated rings. The van der Waals surface area contributed by atoms with Gasteiger partial charge in [-0.05, 0) is 43.7 Å². The normalized spacial score (nSPS) is 16.1. The smallest absolute Gasteiger partial charge is 0.272 e. The quantitative estimate of drug-likeness (QED) is 0.909. The van der Waals surface area contributed by atoms with Gasteiger partial charge in [-0.1, -0.05) is 18.2 Å². The molecule has 2 N–H and O–H groups in total. The van der Waals surface area contributed by atoms with Gasteiger partial charge < -0.3 is 10.2 Å². The molecule has 5 heteroatoms. The van der Waals surface area contributed by atoms with E-state index in [0.717, 1.165) is 50.0 Å². The predicted octanol–water partition coefficient (Wildman–Crippen LogP) is 2.08. The van der Waals surface area contributed by atoms with E-state index in [4.69, 9.17) is 0 Å². The molecule has 2 heterocycles. The topological polar surface area (TPSA) is 61.0 Å². The Hall–Kier alpha value is -2.30. The third kappa shape index (κ3) is 2.71. The Morgan fingerprint density at radius 1 is 1.22 bits per heavy atom. The van der Waals surface area contributed by atoms with Gasteiger partial charge in [0.2, 0.25) is 0 Å². The molecule has 4 rings (SSSR count). The first-order valence-corrected chi connectivity index (χ1v) is 8.50.